The van der Waals surface area contributed by atoms with E-state index in [0.29, 0.717) is 30.5 Å². The van der Waals surface area contributed by atoms with Gasteiger partial charge in [0.15, 0.2) is 18.1 Å². The second kappa shape index (κ2) is 8.13. The maximum atomic E-state index is 13.1. The van der Waals surface area contributed by atoms with E-state index in [-0.39, 0.29) is 16.3 Å². The van der Waals surface area contributed by atoms with Crippen LogP contribution in [0.25, 0.3) is 0 Å². The first-order valence-corrected chi connectivity index (χ1v) is 8.25. The number of hydrogen-bond donors (Lipinski definition) is 1. The molecule has 142 valence electrons. The van der Waals surface area contributed by atoms with Crippen LogP contribution in [0.15, 0.2) is 30.3 Å². The van der Waals surface area contributed by atoms with E-state index in [2.05, 4.69) is 5.32 Å². The third-order valence-corrected chi connectivity index (χ3v) is 3.89. The lowest BCUT2D eigenvalue weighted by molar-refractivity contribution is -0.119. The molecule has 27 heavy (non-hydrogen) atoms. The second-order valence-corrected chi connectivity index (χ2v) is 5.86. The van der Waals surface area contributed by atoms with Crippen molar-refractivity contribution < 1.29 is 32.9 Å². The normalized spacial score (nSPS) is 12.3. The van der Waals surface area contributed by atoms with Gasteiger partial charge in [-0.1, -0.05) is 11.6 Å². The van der Waals surface area contributed by atoms with E-state index < -0.39 is 24.3 Å². The highest BCUT2D eigenvalue weighted by Crippen LogP contribution is 2.40. The smallest absolute Gasteiger partial charge is 0.338 e. The molecule has 1 aliphatic rings. The first-order chi connectivity index (χ1) is 13.0. The summed E-state index contributed by atoms with van der Waals surface area (Å²) in [6.45, 7) is 0.183. The van der Waals surface area contributed by atoms with Gasteiger partial charge >= 0.3 is 5.97 Å². The molecule has 2 aromatic rings. The number of benzene rings is 2. The van der Waals surface area contributed by atoms with E-state index >= 15 is 0 Å². The van der Waals surface area contributed by atoms with Crippen LogP contribution < -0.4 is 19.5 Å². The number of hydrogen-bond acceptors (Lipinski definition) is 6. The van der Waals surface area contributed by atoms with Gasteiger partial charge in [0, 0.05) is 5.69 Å². The Kier molecular flexibility index (Phi) is 5.66. The number of esters is 1. The van der Waals surface area contributed by atoms with Gasteiger partial charge in [0.1, 0.15) is 19.0 Å². The standard InChI is InChI=1S/C18H15ClFNO6/c1-24-14-6-10(7-15-17(14)26-5-4-25-15)18(23)27-9-16(22)21-11-2-3-13(20)12(19)8-11/h2-3,6-8H,4-5,9H2,1H3,(H,21,22). The molecule has 0 aliphatic carbocycles. The molecule has 0 aromatic heterocycles. The summed E-state index contributed by atoms with van der Waals surface area (Å²) in [5.41, 5.74) is 0.428. The van der Waals surface area contributed by atoms with E-state index in [1.54, 1.807) is 0 Å². The molecule has 2 aromatic carbocycles. The number of fused-ring (bicyclic) bond motifs is 1. The second-order valence-electron chi connectivity index (χ2n) is 5.46. The summed E-state index contributed by atoms with van der Waals surface area (Å²) in [4.78, 5) is 24.1. The summed E-state index contributed by atoms with van der Waals surface area (Å²) in [6.07, 6.45) is 0. The molecule has 3 rings (SSSR count). The van der Waals surface area contributed by atoms with Crippen molar-refractivity contribution in [1.29, 1.82) is 0 Å². The summed E-state index contributed by atoms with van der Waals surface area (Å²) < 4.78 is 34.2. The molecule has 1 heterocycles. The van der Waals surface area contributed by atoms with Gasteiger partial charge in [0.05, 0.1) is 17.7 Å². The van der Waals surface area contributed by atoms with Crippen LogP contribution in [0.3, 0.4) is 0 Å². The Hall–Kier alpha value is -3.00. The molecule has 1 amide bonds. The lowest BCUT2D eigenvalue weighted by Gasteiger charge is -2.21. The Morgan fingerprint density at radius 2 is 2.00 bits per heavy atom. The average Bonchev–Trinajstić information content (AvgIpc) is 2.68. The lowest BCUT2D eigenvalue weighted by atomic mass is 10.1. The number of ether oxygens (including phenoxy) is 4. The highest BCUT2D eigenvalue weighted by atomic mass is 35.5. The number of halogens is 2. The Bertz CT molecular complexity index is 871. The zero-order chi connectivity index (χ0) is 19.4. The molecule has 9 heteroatoms. The van der Waals surface area contributed by atoms with Crippen LogP contribution >= 0.6 is 11.6 Å². The van der Waals surface area contributed by atoms with Crippen molar-refractivity contribution in [2.75, 3.05) is 32.2 Å². The number of carbonyl (C=O) groups is 2. The van der Waals surface area contributed by atoms with Crippen LogP contribution in [0.1, 0.15) is 10.4 Å². The number of anilines is 1. The highest BCUT2D eigenvalue weighted by Gasteiger charge is 2.22. The zero-order valence-corrected chi connectivity index (χ0v) is 15.0. The monoisotopic (exact) mass is 395 g/mol. The third kappa shape index (κ3) is 4.40. The summed E-state index contributed by atoms with van der Waals surface area (Å²) in [5.74, 6) is -0.851. The number of methoxy groups -OCH3 is 1. The van der Waals surface area contributed by atoms with Gasteiger partial charge in [-0.2, -0.15) is 0 Å². The molecule has 0 saturated carbocycles. The average molecular weight is 396 g/mol. The van der Waals surface area contributed by atoms with Crippen LogP contribution in [0.2, 0.25) is 5.02 Å². The van der Waals surface area contributed by atoms with E-state index in [1.165, 1.54) is 31.4 Å². The molecule has 1 aliphatic heterocycles. The third-order valence-electron chi connectivity index (χ3n) is 3.60. The van der Waals surface area contributed by atoms with Crippen LogP contribution in [0, 0.1) is 5.82 Å². The zero-order valence-electron chi connectivity index (χ0n) is 14.2. The summed E-state index contributed by atoms with van der Waals surface area (Å²) >= 11 is 5.65. The number of rotatable bonds is 5. The van der Waals surface area contributed by atoms with Gasteiger partial charge in [-0.3, -0.25) is 4.79 Å². The van der Waals surface area contributed by atoms with Crippen molar-refractivity contribution in [3.05, 3.63) is 46.7 Å². The highest BCUT2D eigenvalue weighted by molar-refractivity contribution is 6.31. The van der Waals surface area contributed by atoms with Crippen molar-refractivity contribution >= 4 is 29.2 Å². The van der Waals surface area contributed by atoms with Crippen LogP contribution in [-0.4, -0.2) is 38.8 Å². The van der Waals surface area contributed by atoms with Crippen molar-refractivity contribution in [3.8, 4) is 17.2 Å². The molecule has 1 N–H and O–H groups in total. The van der Waals surface area contributed by atoms with E-state index in [4.69, 9.17) is 30.5 Å². The van der Waals surface area contributed by atoms with E-state index in [9.17, 15) is 14.0 Å². The number of carbonyl (C=O) groups excluding carboxylic acids is 2. The topological polar surface area (TPSA) is 83.1 Å². The SMILES string of the molecule is COc1cc(C(=O)OCC(=O)Nc2ccc(F)c(Cl)c2)cc2c1OCCO2. The number of nitrogens with one attached hydrogen (secondary N) is 1. The Morgan fingerprint density at radius 1 is 1.22 bits per heavy atom. The fourth-order valence-corrected chi connectivity index (χ4v) is 2.56. The van der Waals surface area contributed by atoms with Gasteiger partial charge in [-0.05, 0) is 30.3 Å². The molecule has 0 unspecified atom stereocenters. The van der Waals surface area contributed by atoms with Gasteiger partial charge in [-0.25, -0.2) is 9.18 Å². The van der Waals surface area contributed by atoms with Gasteiger partial charge in [0.2, 0.25) is 5.75 Å². The quantitative estimate of drug-likeness (QED) is 0.783. The van der Waals surface area contributed by atoms with E-state index in [1.807, 2.05) is 0 Å². The first kappa shape index (κ1) is 18.8. The molecule has 0 saturated heterocycles. The predicted octanol–water partition coefficient (Wildman–Crippen LogP) is 3.05. The molecule has 0 fully saturated rings. The Morgan fingerprint density at radius 3 is 2.74 bits per heavy atom. The minimum Gasteiger partial charge on any atom is -0.493 e. The van der Waals surface area contributed by atoms with Crippen LogP contribution in [-0.2, 0) is 9.53 Å². The maximum Gasteiger partial charge on any atom is 0.338 e. The number of amides is 1. The lowest BCUT2D eigenvalue weighted by Crippen LogP contribution is -2.21. The summed E-state index contributed by atoms with van der Waals surface area (Å²) in [6, 6.07) is 6.60. The largest absolute Gasteiger partial charge is 0.493 e. The summed E-state index contributed by atoms with van der Waals surface area (Å²) in [5, 5.41) is 2.32. The maximum absolute atomic E-state index is 13.1. The Balaban J connectivity index is 1.63. The molecule has 0 atom stereocenters. The van der Waals surface area contributed by atoms with Crippen molar-refractivity contribution in [2.45, 2.75) is 0 Å². The molecule has 0 bridgehead atoms. The van der Waals surface area contributed by atoms with Crippen LogP contribution in [0.5, 0.6) is 17.2 Å². The minimum atomic E-state index is -0.738. The van der Waals surface area contributed by atoms with Crippen LogP contribution in [0.4, 0.5) is 10.1 Å². The van der Waals surface area contributed by atoms with Gasteiger partial charge in [0.25, 0.3) is 5.91 Å². The molecule has 0 spiro atoms. The molecule has 0 radical (unpaired) electrons. The molecular formula is C18H15ClFNO6. The van der Waals surface area contributed by atoms with Crippen molar-refractivity contribution in [3.63, 3.8) is 0 Å². The van der Waals surface area contributed by atoms with Crippen molar-refractivity contribution in [1.82, 2.24) is 0 Å². The summed E-state index contributed by atoms with van der Waals surface area (Å²) in [7, 11) is 1.43. The Labute approximate surface area is 158 Å². The fraction of sp³-hybridized carbons (Fsp3) is 0.222. The minimum absolute atomic E-state index is 0.131. The van der Waals surface area contributed by atoms with Crippen molar-refractivity contribution in [2.24, 2.45) is 0 Å². The predicted molar refractivity (Wildman–Crippen MR) is 94.3 cm³/mol. The first-order valence-electron chi connectivity index (χ1n) is 7.87. The van der Waals surface area contributed by atoms with Gasteiger partial charge in [-0.15, -0.1) is 0 Å². The molecule has 7 nitrogen and oxygen atoms in total. The van der Waals surface area contributed by atoms with E-state index in [0.717, 1.165) is 6.07 Å². The fourth-order valence-electron chi connectivity index (χ4n) is 2.38. The van der Waals surface area contributed by atoms with Gasteiger partial charge < -0.3 is 24.3 Å². The molecular weight excluding hydrogens is 381 g/mol.